The summed E-state index contributed by atoms with van der Waals surface area (Å²) in [6, 6.07) is 0. The van der Waals surface area contributed by atoms with Crippen molar-refractivity contribution in [2.24, 2.45) is 0 Å². The van der Waals surface area contributed by atoms with Crippen molar-refractivity contribution in [1.82, 2.24) is 0 Å². The fourth-order valence-electron chi connectivity index (χ4n) is 2.42. The van der Waals surface area contributed by atoms with Gasteiger partial charge in [0, 0.05) is 6.08 Å². The molecule has 0 radical (unpaired) electrons. The number of aliphatic carboxylic acids is 1. The maximum atomic E-state index is 10.2. The standard InChI is InChI=1S/C19H34O2/c1-2-3-4-5-6-7-8-9-10-11-12-13-14-15-16-17-18-19(20)21/h15-18H,2-14H2,1H3,(H,20,21)/b16-15-,18-17?. The van der Waals surface area contributed by atoms with Crippen LogP contribution in [-0.2, 0) is 4.79 Å². The van der Waals surface area contributed by atoms with Crippen molar-refractivity contribution in [3.63, 3.8) is 0 Å². The van der Waals surface area contributed by atoms with Gasteiger partial charge in [-0.1, -0.05) is 95.8 Å². The third kappa shape index (κ3) is 18.9. The van der Waals surface area contributed by atoms with E-state index in [1.54, 1.807) is 6.08 Å². The van der Waals surface area contributed by atoms with Crippen LogP contribution in [0.5, 0.6) is 0 Å². The summed E-state index contributed by atoms with van der Waals surface area (Å²) in [7, 11) is 0. The zero-order valence-corrected chi connectivity index (χ0v) is 13.9. The third-order valence-corrected chi connectivity index (χ3v) is 3.71. The molecule has 2 nitrogen and oxygen atoms in total. The summed E-state index contributed by atoms with van der Waals surface area (Å²) in [5, 5.41) is 8.41. The molecular weight excluding hydrogens is 260 g/mol. The average molecular weight is 294 g/mol. The highest BCUT2D eigenvalue weighted by atomic mass is 16.4. The highest BCUT2D eigenvalue weighted by Crippen LogP contribution is 2.12. The lowest BCUT2D eigenvalue weighted by atomic mass is 10.0. The molecule has 0 saturated carbocycles. The molecule has 0 fully saturated rings. The Morgan fingerprint density at radius 2 is 1.24 bits per heavy atom. The van der Waals surface area contributed by atoms with Crippen molar-refractivity contribution in [1.29, 1.82) is 0 Å². The van der Waals surface area contributed by atoms with Gasteiger partial charge in [0.25, 0.3) is 0 Å². The molecule has 2 heteroatoms. The van der Waals surface area contributed by atoms with Gasteiger partial charge in [-0.25, -0.2) is 4.79 Å². The van der Waals surface area contributed by atoms with Crippen molar-refractivity contribution < 1.29 is 9.90 Å². The summed E-state index contributed by atoms with van der Waals surface area (Å²) >= 11 is 0. The predicted molar refractivity (Wildman–Crippen MR) is 91.6 cm³/mol. The van der Waals surface area contributed by atoms with Gasteiger partial charge in [0.2, 0.25) is 0 Å². The first-order chi connectivity index (χ1) is 10.3. The van der Waals surface area contributed by atoms with E-state index in [4.69, 9.17) is 5.11 Å². The second-order valence-corrected chi connectivity index (χ2v) is 5.80. The minimum Gasteiger partial charge on any atom is -0.478 e. The number of hydrogen-bond donors (Lipinski definition) is 1. The molecule has 1 N–H and O–H groups in total. The van der Waals surface area contributed by atoms with Gasteiger partial charge in [-0.3, -0.25) is 0 Å². The van der Waals surface area contributed by atoms with Gasteiger partial charge in [0.15, 0.2) is 0 Å². The second kappa shape index (κ2) is 17.0. The van der Waals surface area contributed by atoms with E-state index < -0.39 is 5.97 Å². The molecule has 0 aliphatic heterocycles. The zero-order valence-electron chi connectivity index (χ0n) is 13.9. The van der Waals surface area contributed by atoms with Crippen molar-refractivity contribution in [3.8, 4) is 0 Å². The Hall–Kier alpha value is -1.05. The van der Waals surface area contributed by atoms with Crippen molar-refractivity contribution in [2.75, 3.05) is 0 Å². The fourth-order valence-corrected chi connectivity index (χ4v) is 2.42. The van der Waals surface area contributed by atoms with E-state index >= 15 is 0 Å². The number of hydrogen-bond acceptors (Lipinski definition) is 1. The SMILES string of the molecule is CCCCCCCCCCCCCC/C=C\C=CC(=O)O. The zero-order chi connectivity index (χ0) is 15.6. The highest BCUT2D eigenvalue weighted by molar-refractivity contribution is 5.80. The van der Waals surface area contributed by atoms with Gasteiger partial charge >= 0.3 is 5.97 Å². The van der Waals surface area contributed by atoms with Crippen molar-refractivity contribution in [3.05, 3.63) is 24.3 Å². The van der Waals surface area contributed by atoms with Gasteiger partial charge in [-0.15, -0.1) is 0 Å². The molecule has 0 bridgehead atoms. The summed E-state index contributed by atoms with van der Waals surface area (Å²) in [6.45, 7) is 2.27. The first kappa shape index (κ1) is 19.9. The number of carbonyl (C=O) groups is 1. The Morgan fingerprint density at radius 1 is 0.762 bits per heavy atom. The maximum absolute atomic E-state index is 10.2. The first-order valence-electron chi connectivity index (χ1n) is 8.83. The number of allylic oxidation sites excluding steroid dienone is 3. The molecule has 0 aliphatic rings. The fraction of sp³-hybridized carbons (Fsp3) is 0.737. The van der Waals surface area contributed by atoms with E-state index in [-0.39, 0.29) is 0 Å². The lowest BCUT2D eigenvalue weighted by Gasteiger charge is -2.02. The largest absolute Gasteiger partial charge is 0.478 e. The van der Waals surface area contributed by atoms with Gasteiger partial charge in [-0.05, 0) is 12.8 Å². The summed E-state index contributed by atoms with van der Waals surface area (Å²) in [6.07, 6.45) is 24.2. The Balaban J connectivity index is 3.10. The molecule has 0 amide bonds. The number of carboxylic acid groups (broad SMARTS) is 1. The molecular formula is C19H34O2. The number of unbranched alkanes of at least 4 members (excludes halogenated alkanes) is 12. The maximum Gasteiger partial charge on any atom is 0.328 e. The van der Waals surface area contributed by atoms with Gasteiger partial charge in [0.1, 0.15) is 0 Å². The van der Waals surface area contributed by atoms with Crippen LogP contribution < -0.4 is 0 Å². The van der Waals surface area contributed by atoms with Crippen LogP contribution in [-0.4, -0.2) is 11.1 Å². The molecule has 0 unspecified atom stereocenters. The van der Waals surface area contributed by atoms with Crippen LogP contribution in [0.4, 0.5) is 0 Å². The molecule has 0 rings (SSSR count). The van der Waals surface area contributed by atoms with Gasteiger partial charge in [-0.2, -0.15) is 0 Å². The van der Waals surface area contributed by atoms with Gasteiger partial charge < -0.3 is 5.11 Å². The number of rotatable bonds is 15. The summed E-state index contributed by atoms with van der Waals surface area (Å²) in [5.74, 6) is -0.884. The van der Waals surface area contributed by atoms with Crippen LogP contribution >= 0.6 is 0 Å². The van der Waals surface area contributed by atoms with E-state index in [1.807, 2.05) is 6.08 Å². The van der Waals surface area contributed by atoms with Crippen LogP contribution in [0.15, 0.2) is 24.3 Å². The highest BCUT2D eigenvalue weighted by Gasteiger charge is 1.92. The van der Waals surface area contributed by atoms with Crippen LogP contribution in [0, 0.1) is 0 Å². The van der Waals surface area contributed by atoms with Crippen LogP contribution in [0.25, 0.3) is 0 Å². The second-order valence-electron chi connectivity index (χ2n) is 5.80. The average Bonchev–Trinajstić information content (AvgIpc) is 2.46. The summed E-state index contributed by atoms with van der Waals surface area (Å²) < 4.78 is 0. The van der Waals surface area contributed by atoms with E-state index in [9.17, 15) is 4.79 Å². The van der Waals surface area contributed by atoms with Crippen LogP contribution in [0.3, 0.4) is 0 Å². The van der Waals surface area contributed by atoms with Gasteiger partial charge in [0.05, 0.1) is 0 Å². The molecule has 0 heterocycles. The molecule has 0 atom stereocenters. The summed E-state index contributed by atoms with van der Waals surface area (Å²) in [4.78, 5) is 10.2. The van der Waals surface area contributed by atoms with Crippen molar-refractivity contribution >= 4 is 5.97 Å². The lowest BCUT2D eigenvalue weighted by molar-refractivity contribution is -0.131. The predicted octanol–water partition coefficient (Wildman–Crippen LogP) is 6.27. The van der Waals surface area contributed by atoms with Crippen LogP contribution in [0.2, 0.25) is 0 Å². The summed E-state index contributed by atoms with van der Waals surface area (Å²) in [5.41, 5.74) is 0. The molecule has 21 heavy (non-hydrogen) atoms. The smallest absolute Gasteiger partial charge is 0.328 e. The minimum atomic E-state index is -0.884. The Labute approximate surface area is 131 Å². The third-order valence-electron chi connectivity index (χ3n) is 3.71. The van der Waals surface area contributed by atoms with E-state index in [0.717, 1.165) is 6.42 Å². The molecule has 0 aromatic heterocycles. The quantitative estimate of drug-likeness (QED) is 0.219. The molecule has 122 valence electrons. The molecule has 0 aromatic carbocycles. The Kier molecular flexibility index (Phi) is 16.2. The van der Waals surface area contributed by atoms with E-state index in [0.29, 0.717) is 0 Å². The molecule has 0 aromatic rings. The van der Waals surface area contributed by atoms with E-state index in [1.165, 1.54) is 83.1 Å². The Bertz CT molecular complexity index is 279. The lowest BCUT2D eigenvalue weighted by Crippen LogP contribution is -1.84. The normalized spacial score (nSPS) is 11.7. The number of carboxylic acids is 1. The van der Waals surface area contributed by atoms with Crippen LogP contribution in [0.1, 0.15) is 90.4 Å². The Morgan fingerprint density at radius 3 is 1.71 bits per heavy atom. The molecule has 0 spiro atoms. The molecule has 0 saturated heterocycles. The monoisotopic (exact) mass is 294 g/mol. The topological polar surface area (TPSA) is 37.3 Å². The molecule has 0 aliphatic carbocycles. The van der Waals surface area contributed by atoms with E-state index in [2.05, 4.69) is 13.0 Å². The van der Waals surface area contributed by atoms with Crippen molar-refractivity contribution in [2.45, 2.75) is 90.4 Å². The minimum absolute atomic E-state index is 0.884. The first-order valence-corrected chi connectivity index (χ1v) is 8.83.